The quantitative estimate of drug-likeness (QED) is 0.168. The number of carboxylic acids is 2. The minimum atomic E-state index is -1.08. The van der Waals surface area contributed by atoms with Crippen molar-refractivity contribution in [2.45, 2.75) is 25.8 Å². The van der Waals surface area contributed by atoms with Gasteiger partial charge >= 0.3 is 11.9 Å². The van der Waals surface area contributed by atoms with Gasteiger partial charge in [0, 0.05) is 12.0 Å². The van der Waals surface area contributed by atoms with Crippen LogP contribution in [0.2, 0.25) is 0 Å². The number of hydrogen-bond acceptors (Lipinski definition) is 2. The molecule has 3 heterocycles. The number of hydrogen-bond donors (Lipinski definition) is 3. The van der Waals surface area contributed by atoms with Gasteiger partial charge < -0.3 is 62.1 Å². The van der Waals surface area contributed by atoms with Gasteiger partial charge in [-0.25, -0.2) is 0 Å². The summed E-state index contributed by atoms with van der Waals surface area (Å²) in [6, 6.07) is 26.0. The molecule has 3 aliphatic rings. The summed E-state index contributed by atoms with van der Waals surface area (Å²) in [7, 11) is 0. The van der Waals surface area contributed by atoms with Gasteiger partial charge in [-0.15, -0.1) is 0 Å². The minimum Gasteiger partial charge on any atom is -1.00 e. The molecule has 0 aromatic heterocycles. The number of piperazine rings is 1. The van der Waals surface area contributed by atoms with Crippen LogP contribution in [0.3, 0.4) is 0 Å². The number of rotatable bonds is 12. The number of aliphatic carboxylic acids is 2. The highest BCUT2D eigenvalue weighted by atomic mass is 35.5. The molecule has 10 heteroatoms. The average molecular weight is 665 g/mol. The predicted octanol–water partition coefficient (Wildman–Crippen LogP) is -5.65. The zero-order chi connectivity index (χ0) is 28.9. The molecule has 0 aliphatic carbocycles. The minimum absolute atomic E-state index is 0. The molecule has 0 unspecified atom stereocenters. The normalized spacial score (nSPS) is 21.8. The van der Waals surface area contributed by atoms with Crippen LogP contribution in [0, 0.1) is 11.8 Å². The first-order chi connectivity index (χ1) is 19.8. The number of fused-ring (bicyclic) bond motifs is 4. The second-order valence-corrected chi connectivity index (χ2v) is 12.3. The smallest absolute Gasteiger partial charge is 0.307 e. The van der Waals surface area contributed by atoms with Crippen molar-refractivity contribution in [1.82, 2.24) is 0 Å². The van der Waals surface area contributed by atoms with Crippen molar-refractivity contribution >= 4 is 11.9 Å². The lowest BCUT2D eigenvalue weighted by Gasteiger charge is -2.45. The summed E-state index contributed by atoms with van der Waals surface area (Å²) in [5, 5.41) is 19.8. The van der Waals surface area contributed by atoms with Gasteiger partial charge in [0.2, 0.25) is 0 Å². The van der Waals surface area contributed by atoms with Crippen molar-refractivity contribution in [3.05, 3.63) is 95.6 Å². The van der Waals surface area contributed by atoms with E-state index < -0.39 is 23.8 Å². The monoisotopic (exact) mass is 663 g/mol. The molecule has 0 amide bonds. The van der Waals surface area contributed by atoms with Gasteiger partial charge in [0.1, 0.15) is 45.8 Å². The Morgan fingerprint density at radius 1 is 0.614 bits per heavy atom. The van der Waals surface area contributed by atoms with Crippen LogP contribution in [0.5, 0.6) is 0 Å². The predicted molar refractivity (Wildman–Crippen MR) is 159 cm³/mol. The Morgan fingerprint density at radius 3 is 1.52 bits per heavy atom. The molecule has 3 aromatic carbocycles. The molecule has 3 fully saturated rings. The summed E-state index contributed by atoms with van der Waals surface area (Å²) >= 11 is 0. The summed E-state index contributed by atoms with van der Waals surface area (Å²) < 4.78 is 2.48. The molecule has 0 spiro atoms. The van der Waals surface area contributed by atoms with Crippen molar-refractivity contribution < 1.29 is 71.7 Å². The summed E-state index contributed by atoms with van der Waals surface area (Å²) in [4.78, 5) is 24.2. The lowest BCUT2D eigenvalue weighted by molar-refractivity contribution is -1.02. The molecular weight excluding hydrogens is 621 g/mol. The summed E-state index contributed by atoms with van der Waals surface area (Å²) in [5.74, 6) is -4.17. The maximum Gasteiger partial charge on any atom is 0.307 e. The molecule has 2 atom stereocenters. The van der Waals surface area contributed by atoms with Gasteiger partial charge in [-0.3, -0.25) is 9.59 Å². The zero-order valence-corrected chi connectivity index (χ0v) is 27.4. The molecule has 6 rings (SSSR count). The second kappa shape index (κ2) is 16.6. The Bertz CT molecular complexity index is 1330. The van der Waals surface area contributed by atoms with Crippen molar-refractivity contribution in [1.29, 1.82) is 0 Å². The molecule has 44 heavy (non-hydrogen) atoms. The second-order valence-electron chi connectivity index (χ2n) is 12.3. The van der Waals surface area contributed by atoms with Crippen LogP contribution in [-0.4, -0.2) is 83.5 Å². The third kappa shape index (κ3) is 8.96. The zero-order valence-electron chi connectivity index (χ0n) is 25.1. The van der Waals surface area contributed by atoms with Gasteiger partial charge in [0.15, 0.2) is 0 Å². The standard InChI is InChI=1S/C34H41N3O4.3ClH/c35-15-18-36-16-4-17-37(21-19-36,22-20-36)25-28-9-13-30(14-10-28)29-11-7-27(8-12-29)24-32(34(40)41)31(33(38)39)23-26-5-2-1-3-6-26;;;/h1-3,5-14,31-32H,4,15-25,35H2;3*1H/t31-,32-,36?,37?;;;/m0.../s1. The molecule has 0 saturated carbocycles. The first-order valence-corrected chi connectivity index (χ1v) is 15.0. The highest BCUT2D eigenvalue weighted by molar-refractivity contribution is 5.80. The molecule has 0 radical (unpaired) electrons. The topological polar surface area (TPSA) is 102 Å². The largest absolute Gasteiger partial charge is 1.00 e. The highest BCUT2D eigenvalue weighted by Gasteiger charge is 2.45. The van der Waals surface area contributed by atoms with Crippen LogP contribution in [0.15, 0.2) is 78.9 Å². The Kier molecular flexibility index (Phi) is 14.2. The van der Waals surface area contributed by atoms with E-state index in [-0.39, 0.29) is 50.1 Å². The molecule has 3 saturated heterocycles. The summed E-state index contributed by atoms with van der Waals surface area (Å²) in [6.45, 7) is 11.0. The molecule has 2 bridgehead atoms. The van der Waals surface area contributed by atoms with E-state index in [9.17, 15) is 19.8 Å². The van der Waals surface area contributed by atoms with Crippen molar-refractivity contribution in [3.63, 3.8) is 0 Å². The molecule has 3 aromatic rings. The van der Waals surface area contributed by atoms with Crippen LogP contribution in [-0.2, 0) is 29.0 Å². The fourth-order valence-corrected chi connectivity index (χ4v) is 7.12. The van der Waals surface area contributed by atoms with E-state index in [4.69, 9.17) is 0 Å². The van der Waals surface area contributed by atoms with Gasteiger partial charge in [0.25, 0.3) is 0 Å². The van der Waals surface area contributed by atoms with Gasteiger partial charge in [0.05, 0.1) is 24.9 Å². The SMILES string of the molecule is [Cl-].[Cl-].[Cl-].[NH3+]CC[N+]12CCC[N+](Cc3ccc(-c4ccc(C[C@H](C(=O)O)[C@H](Cc5ccccc5)C(=O)O)cc4)cc3)(CC1)CC2. The maximum atomic E-state index is 12.1. The van der Waals surface area contributed by atoms with E-state index in [1.54, 1.807) is 0 Å². The van der Waals surface area contributed by atoms with E-state index in [0.717, 1.165) is 35.3 Å². The fourth-order valence-electron chi connectivity index (χ4n) is 7.12. The Balaban J connectivity index is 0.00000225. The number of quaternary nitrogens is 3. The van der Waals surface area contributed by atoms with E-state index in [0.29, 0.717) is 0 Å². The number of benzene rings is 3. The van der Waals surface area contributed by atoms with Crippen LogP contribution in [0.1, 0.15) is 23.1 Å². The number of carbonyl (C=O) groups is 2. The Morgan fingerprint density at radius 2 is 1.05 bits per heavy atom. The Labute approximate surface area is 279 Å². The van der Waals surface area contributed by atoms with Crippen LogP contribution in [0.4, 0.5) is 0 Å². The maximum absolute atomic E-state index is 12.1. The van der Waals surface area contributed by atoms with Crippen LogP contribution in [0.25, 0.3) is 11.1 Å². The van der Waals surface area contributed by atoms with E-state index in [2.05, 4.69) is 30.0 Å². The number of halogens is 3. The third-order valence-corrected chi connectivity index (χ3v) is 9.63. The molecule has 240 valence electrons. The molecular formula is C34H44Cl3N3O4. The lowest BCUT2D eigenvalue weighted by atomic mass is 9.82. The van der Waals surface area contributed by atoms with E-state index in [1.807, 2.05) is 54.6 Å². The summed E-state index contributed by atoms with van der Waals surface area (Å²) in [6.07, 6.45) is 1.66. The van der Waals surface area contributed by atoms with E-state index >= 15 is 0 Å². The molecule has 5 N–H and O–H groups in total. The number of nitrogens with zero attached hydrogens (tertiary/aromatic N) is 2. The third-order valence-electron chi connectivity index (χ3n) is 9.63. The number of carboxylic acid groups (broad SMARTS) is 2. The lowest BCUT2D eigenvalue weighted by Crippen LogP contribution is -3.00. The van der Waals surface area contributed by atoms with Crippen molar-refractivity contribution in [2.75, 3.05) is 52.4 Å². The van der Waals surface area contributed by atoms with Crippen molar-refractivity contribution in [2.24, 2.45) is 11.8 Å². The summed E-state index contributed by atoms with van der Waals surface area (Å²) in [5.41, 5.74) is 9.36. The van der Waals surface area contributed by atoms with Crippen LogP contribution >= 0.6 is 0 Å². The Hall–Kier alpha value is -2.65. The average Bonchev–Trinajstić information content (AvgIpc) is 3.26. The van der Waals surface area contributed by atoms with Crippen LogP contribution < -0.4 is 43.0 Å². The first kappa shape index (κ1) is 37.5. The van der Waals surface area contributed by atoms with Crippen molar-refractivity contribution in [3.8, 4) is 11.1 Å². The fraction of sp³-hybridized carbons (Fsp3) is 0.412. The van der Waals surface area contributed by atoms with Gasteiger partial charge in [-0.2, -0.15) is 0 Å². The molecule has 7 nitrogen and oxygen atoms in total. The van der Waals surface area contributed by atoms with E-state index in [1.165, 1.54) is 66.8 Å². The first-order valence-electron chi connectivity index (χ1n) is 15.0. The highest BCUT2D eigenvalue weighted by Crippen LogP contribution is 2.29. The molecule has 3 aliphatic heterocycles. The van der Waals surface area contributed by atoms with Gasteiger partial charge in [-0.05, 0) is 35.1 Å². The van der Waals surface area contributed by atoms with Gasteiger partial charge in [-0.1, -0.05) is 78.9 Å².